The van der Waals surface area contributed by atoms with E-state index in [4.69, 9.17) is 10.3 Å². The van der Waals surface area contributed by atoms with Gasteiger partial charge in [0, 0.05) is 17.7 Å². The molecule has 2 aromatic heterocycles. The summed E-state index contributed by atoms with van der Waals surface area (Å²) in [6.07, 6.45) is 4.78. The molecule has 0 amide bonds. The third kappa shape index (κ3) is 2.72. The first-order valence-corrected chi connectivity index (χ1v) is 8.70. The number of ketones is 1. The van der Waals surface area contributed by atoms with E-state index in [2.05, 4.69) is 15.1 Å². The van der Waals surface area contributed by atoms with Crippen LogP contribution in [0.15, 0.2) is 15.4 Å². The second-order valence-electron chi connectivity index (χ2n) is 8.13. The lowest BCUT2D eigenvalue weighted by molar-refractivity contribution is 0.0910. The van der Waals surface area contributed by atoms with E-state index in [0.717, 1.165) is 25.7 Å². The molecule has 2 aromatic rings. The van der Waals surface area contributed by atoms with Crippen molar-refractivity contribution in [1.29, 1.82) is 0 Å². The molecule has 0 radical (unpaired) electrons. The number of nitrogens with one attached hydrogen (secondary N) is 1. The Morgan fingerprint density at radius 2 is 1.88 bits per heavy atom. The van der Waals surface area contributed by atoms with Crippen LogP contribution in [0.1, 0.15) is 67.8 Å². The molecular weight excluding hydrogens is 320 g/mol. The van der Waals surface area contributed by atoms with Gasteiger partial charge >= 0.3 is 0 Å². The zero-order valence-electron chi connectivity index (χ0n) is 14.5. The van der Waals surface area contributed by atoms with Gasteiger partial charge in [-0.1, -0.05) is 31.8 Å². The van der Waals surface area contributed by atoms with Crippen molar-refractivity contribution in [3.05, 3.63) is 33.5 Å². The number of hydrogen-bond donors (Lipinski definition) is 2. The van der Waals surface area contributed by atoms with Crippen LogP contribution in [0.3, 0.4) is 0 Å². The average Bonchev–Trinajstić information content (AvgIpc) is 3.15. The smallest absolute Gasteiger partial charge is 0.263 e. The van der Waals surface area contributed by atoms with E-state index in [1.165, 1.54) is 0 Å². The van der Waals surface area contributed by atoms with Gasteiger partial charge in [0.1, 0.15) is 5.56 Å². The van der Waals surface area contributed by atoms with E-state index in [0.29, 0.717) is 29.9 Å². The fourth-order valence-corrected chi connectivity index (χ4v) is 3.95. The highest BCUT2D eigenvalue weighted by Gasteiger charge is 2.37. The number of H-pyrrole nitrogens is 1. The second kappa shape index (κ2) is 5.36. The van der Waals surface area contributed by atoms with Crippen LogP contribution in [0.25, 0.3) is 11.5 Å². The average molecular weight is 342 g/mol. The molecule has 2 aliphatic carbocycles. The maximum Gasteiger partial charge on any atom is 0.263 e. The lowest BCUT2D eigenvalue weighted by atomic mass is 9.75. The van der Waals surface area contributed by atoms with Crippen LogP contribution in [0.5, 0.6) is 0 Å². The van der Waals surface area contributed by atoms with Crippen LogP contribution in [-0.4, -0.2) is 20.9 Å². The first-order valence-electron chi connectivity index (χ1n) is 8.70. The molecule has 1 saturated carbocycles. The third-order valence-corrected chi connectivity index (χ3v) is 5.32. The quantitative estimate of drug-likeness (QED) is 0.865. The molecule has 0 spiro atoms. The summed E-state index contributed by atoms with van der Waals surface area (Å²) in [6, 6.07) is 1.58. The number of Topliss-reactive ketones (excluding diaryl/α,β-unsaturated/α-hetero) is 1. The molecule has 4 rings (SSSR count). The van der Waals surface area contributed by atoms with E-state index in [-0.39, 0.29) is 28.2 Å². The van der Waals surface area contributed by atoms with Gasteiger partial charge in [-0.25, -0.2) is 0 Å². The second-order valence-corrected chi connectivity index (χ2v) is 8.13. The van der Waals surface area contributed by atoms with Crippen molar-refractivity contribution in [3.8, 4) is 11.5 Å². The Bertz CT molecular complexity index is 903. The predicted octanol–water partition coefficient (Wildman–Crippen LogP) is 2.31. The van der Waals surface area contributed by atoms with E-state index in [1.54, 1.807) is 6.07 Å². The summed E-state index contributed by atoms with van der Waals surface area (Å²) in [5, 5.41) is 3.99. The summed E-state index contributed by atoms with van der Waals surface area (Å²) in [5.41, 5.74) is 6.74. The number of nitrogens with zero attached hydrogens (tertiary/aromatic N) is 2. The monoisotopic (exact) mass is 342 g/mol. The summed E-state index contributed by atoms with van der Waals surface area (Å²) in [4.78, 5) is 32.1. The highest BCUT2D eigenvalue weighted by molar-refractivity contribution is 5.99. The van der Waals surface area contributed by atoms with Crippen LogP contribution >= 0.6 is 0 Å². The number of carbonyl (C=O) groups excluding carboxylic acids is 1. The molecule has 7 heteroatoms. The number of pyridine rings is 1. The van der Waals surface area contributed by atoms with Gasteiger partial charge in [0.05, 0.1) is 5.54 Å². The number of hydrogen-bond acceptors (Lipinski definition) is 6. The van der Waals surface area contributed by atoms with Crippen LogP contribution < -0.4 is 11.3 Å². The Kier molecular flexibility index (Phi) is 3.47. The molecule has 0 aromatic carbocycles. The number of carbonyl (C=O) groups is 1. The minimum atomic E-state index is -0.581. The Morgan fingerprint density at radius 1 is 1.16 bits per heavy atom. The van der Waals surface area contributed by atoms with E-state index in [1.807, 2.05) is 13.8 Å². The van der Waals surface area contributed by atoms with Gasteiger partial charge in [-0.15, -0.1) is 0 Å². The van der Waals surface area contributed by atoms with Crippen molar-refractivity contribution in [2.24, 2.45) is 11.1 Å². The maximum absolute atomic E-state index is 12.5. The fourth-order valence-electron chi connectivity index (χ4n) is 3.95. The molecule has 2 aliphatic rings. The van der Waals surface area contributed by atoms with Crippen molar-refractivity contribution in [2.75, 3.05) is 0 Å². The third-order valence-electron chi connectivity index (χ3n) is 5.32. The Hall–Kier alpha value is -2.28. The SMILES string of the molecule is CC1(C)CC(=O)c2cc(-c3nc(C4(N)CCCC4)no3)c(=O)[nH]c2C1. The number of rotatable bonds is 2. The topological polar surface area (TPSA) is 115 Å². The standard InChI is InChI=1S/C18H22N4O3/c1-17(2)8-12-10(13(23)9-17)7-11(14(24)20-12)15-21-16(22-25-15)18(19)5-3-4-6-18/h7H,3-6,8-9,19H2,1-2H3,(H,20,24). The summed E-state index contributed by atoms with van der Waals surface area (Å²) in [7, 11) is 0. The van der Waals surface area contributed by atoms with Crippen molar-refractivity contribution >= 4 is 5.78 Å². The number of aromatic nitrogens is 3. The van der Waals surface area contributed by atoms with Crippen molar-refractivity contribution in [2.45, 2.75) is 57.9 Å². The summed E-state index contributed by atoms with van der Waals surface area (Å²) in [6.45, 7) is 4.04. The Morgan fingerprint density at radius 3 is 2.60 bits per heavy atom. The van der Waals surface area contributed by atoms with Crippen LogP contribution in [0.4, 0.5) is 0 Å². The van der Waals surface area contributed by atoms with Crippen molar-refractivity contribution in [1.82, 2.24) is 15.1 Å². The van der Waals surface area contributed by atoms with Crippen LogP contribution in [-0.2, 0) is 12.0 Å². The molecular formula is C18H22N4O3. The summed E-state index contributed by atoms with van der Waals surface area (Å²) in [5.74, 6) is 0.576. The van der Waals surface area contributed by atoms with Gasteiger partial charge in [-0.05, 0) is 30.7 Å². The molecule has 0 unspecified atom stereocenters. The molecule has 0 saturated heterocycles. The Balaban J connectivity index is 1.75. The fraction of sp³-hybridized carbons (Fsp3) is 0.556. The lowest BCUT2D eigenvalue weighted by Gasteiger charge is -2.29. The minimum absolute atomic E-state index is 0.0228. The number of nitrogens with two attached hydrogens (primary N) is 1. The van der Waals surface area contributed by atoms with Gasteiger partial charge < -0.3 is 15.2 Å². The molecule has 132 valence electrons. The molecule has 1 fully saturated rings. The van der Waals surface area contributed by atoms with E-state index >= 15 is 0 Å². The van der Waals surface area contributed by atoms with Crippen LogP contribution in [0.2, 0.25) is 0 Å². The van der Waals surface area contributed by atoms with E-state index < -0.39 is 5.54 Å². The Labute approximate surface area is 145 Å². The maximum atomic E-state index is 12.5. The van der Waals surface area contributed by atoms with Crippen molar-refractivity contribution < 1.29 is 9.32 Å². The van der Waals surface area contributed by atoms with Crippen LogP contribution in [0, 0.1) is 5.41 Å². The number of aromatic amines is 1. The highest BCUT2D eigenvalue weighted by atomic mass is 16.5. The first kappa shape index (κ1) is 16.2. The zero-order chi connectivity index (χ0) is 17.8. The molecule has 7 nitrogen and oxygen atoms in total. The summed E-state index contributed by atoms with van der Waals surface area (Å²) >= 11 is 0. The van der Waals surface area contributed by atoms with Gasteiger partial charge in [0.25, 0.3) is 11.4 Å². The lowest BCUT2D eigenvalue weighted by Crippen LogP contribution is -2.34. The minimum Gasteiger partial charge on any atom is -0.334 e. The zero-order valence-corrected chi connectivity index (χ0v) is 14.5. The molecule has 0 atom stereocenters. The molecule has 3 N–H and O–H groups in total. The number of fused-ring (bicyclic) bond motifs is 1. The predicted molar refractivity (Wildman–Crippen MR) is 91.1 cm³/mol. The largest absolute Gasteiger partial charge is 0.334 e. The highest BCUT2D eigenvalue weighted by Crippen LogP contribution is 2.36. The summed E-state index contributed by atoms with van der Waals surface area (Å²) < 4.78 is 5.30. The molecule has 25 heavy (non-hydrogen) atoms. The van der Waals surface area contributed by atoms with Gasteiger partial charge in [-0.2, -0.15) is 4.98 Å². The molecule has 0 aliphatic heterocycles. The van der Waals surface area contributed by atoms with Gasteiger partial charge in [0.15, 0.2) is 11.6 Å². The van der Waals surface area contributed by atoms with Gasteiger partial charge in [-0.3, -0.25) is 9.59 Å². The normalized spacial score (nSPS) is 21.3. The van der Waals surface area contributed by atoms with Crippen molar-refractivity contribution in [3.63, 3.8) is 0 Å². The molecule has 0 bridgehead atoms. The van der Waals surface area contributed by atoms with E-state index in [9.17, 15) is 9.59 Å². The molecule has 2 heterocycles. The first-order chi connectivity index (χ1) is 11.8. The van der Waals surface area contributed by atoms with Gasteiger partial charge in [0.2, 0.25) is 0 Å².